The molecule has 1 aromatic carbocycles. The third-order valence-electron chi connectivity index (χ3n) is 5.03. The lowest BCUT2D eigenvalue weighted by molar-refractivity contribution is -0.120. The summed E-state index contributed by atoms with van der Waals surface area (Å²) >= 11 is 1.16. The summed E-state index contributed by atoms with van der Waals surface area (Å²) < 4.78 is 1.65. The van der Waals surface area contributed by atoms with Gasteiger partial charge in [-0.3, -0.25) is 9.59 Å². The minimum Gasteiger partial charge on any atom is -0.355 e. The molecule has 0 unspecified atom stereocenters. The maximum Gasteiger partial charge on any atom is 0.285 e. The van der Waals surface area contributed by atoms with Crippen LogP contribution in [0.2, 0.25) is 0 Å². The predicted molar refractivity (Wildman–Crippen MR) is 116 cm³/mol. The van der Waals surface area contributed by atoms with E-state index in [0.29, 0.717) is 5.65 Å². The van der Waals surface area contributed by atoms with Crippen LogP contribution in [0.1, 0.15) is 12.8 Å². The highest BCUT2D eigenvalue weighted by Gasteiger charge is 2.26. The van der Waals surface area contributed by atoms with Gasteiger partial charge in [0, 0.05) is 43.7 Å². The van der Waals surface area contributed by atoms with Gasteiger partial charge in [-0.25, -0.2) is 0 Å². The van der Waals surface area contributed by atoms with E-state index in [0.717, 1.165) is 54.1 Å². The van der Waals surface area contributed by atoms with Crippen molar-refractivity contribution in [3.05, 3.63) is 42.7 Å². The molecule has 3 heterocycles. The van der Waals surface area contributed by atoms with Gasteiger partial charge in [0.05, 0.1) is 0 Å². The Morgan fingerprint density at radius 1 is 1.10 bits per heavy atom. The number of hydrogen-bond acceptors (Lipinski definition) is 7. The average molecular weight is 426 g/mol. The number of thioether (sulfide) groups is 1. The number of nitrogens with one attached hydrogen (secondary N) is 1. The van der Waals surface area contributed by atoms with E-state index in [2.05, 4.69) is 25.5 Å². The van der Waals surface area contributed by atoms with Crippen LogP contribution >= 0.6 is 11.8 Å². The van der Waals surface area contributed by atoms with Crippen molar-refractivity contribution in [2.24, 2.45) is 5.92 Å². The molecule has 1 saturated heterocycles. The Morgan fingerprint density at radius 2 is 1.83 bits per heavy atom. The third kappa shape index (κ3) is 4.54. The molecule has 2 aromatic heterocycles. The molecule has 30 heavy (non-hydrogen) atoms. The van der Waals surface area contributed by atoms with Crippen molar-refractivity contribution >= 4 is 40.1 Å². The van der Waals surface area contributed by atoms with Crippen LogP contribution in [0.15, 0.2) is 47.6 Å². The molecular weight excluding hydrogens is 402 g/mol. The number of benzene rings is 1. The summed E-state index contributed by atoms with van der Waals surface area (Å²) in [5.41, 5.74) is 1.45. The minimum atomic E-state index is -0.0377. The lowest BCUT2D eigenvalue weighted by Gasteiger charge is -2.32. The van der Waals surface area contributed by atoms with Gasteiger partial charge in [0.2, 0.25) is 5.91 Å². The summed E-state index contributed by atoms with van der Waals surface area (Å²) in [7, 11) is 3.44. The van der Waals surface area contributed by atoms with Crippen molar-refractivity contribution in [1.82, 2.24) is 24.7 Å². The molecule has 0 spiro atoms. The zero-order valence-electron chi connectivity index (χ0n) is 16.9. The molecule has 0 saturated carbocycles. The smallest absolute Gasteiger partial charge is 0.285 e. The van der Waals surface area contributed by atoms with E-state index in [1.165, 1.54) is 4.90 Å². The first-order valence-electron chi connectivity index (χ1n) is 9.72. The van der Waals surface area contributed by atoms with Gasteiger partial charge in [0.25, 0.3) is 5.24 Å². The number of anilines is 2. The molecule has 0 radical (unpaired) electrons. The minimum absolute atomic E-state index is 0.0293. The molecule has 10 heteroatoms. The van der Waals surface area contributed by atoms with E-state index in [1.807, 2.05) is 36.4 Å². The van der Waals surface area contributed by atoms with Gasteiger partial charge in [0.1, 0.15) is 12.1 Å². The normalized spacial score (nSPS) is 14.7. The van der Waals surface area contributed by atoms with Crippen LogP contribution in [0.5, 0.6) is 0 Å². The summed E-state index contributed by atoms with van der Waals surface area (Å²) in [5.74, 6) is 0.854. The number of amides is 2. The maximum absolute atomic E-state index is 12.7. The monoisotopic (exact) mass is 425 g/mol. The van der Waals surface area contributed by atoms with E-state index in [1.54, 1.807) is 24.9 Å². The van der Waals surface area contributed by atoms with Crippen molar-refractivity contribution in [2.45, 2.75) is 17.7 Å². The quantitative estimate of drug-likeness (QED) is 0.642. The fourth-order valence-corrected chi connectivity index (χ4v) is 3.96. The molecule has 4 rings (SSSR count). The Labute approximate surface area is 178 Å². The van der Waals surface area contributed by atoms with E-state index >= 15 is 0 Å². The fraction of sp³-hybridized carbons (Fsp3) is 0.350. The highest BCUT2D eigenvalue weighted by Crippen LogP contribution is 2.25. The maximum atomic E-state index is 12.7. The summed E-state index contributed by atoms with van der Waals surface area (Å²) in [5, 5.41) is 15.3. The second-order valence-electron chi connectivity index (χ2n) is 7.36. The number of nitrogens with zero attached hydrogens (tertiary/aromatic N) is 6. The van der Waals surface area contributed by atoms with Crippen molar-refractivity contribution in [2.75, 3.05) is 37.4 Å². The first-order chi connectivity index (χ1) is 14.5. The van der Waals surface area contributed by atoms with Crippen LogP contribution in [0.25, 0.3) is 5.65 Å². The third-order valence-corrected chi connectivity index (χ3v) is 6.08. The molecule has 9 nitrogen and oxygen atoms in total. The molecule has 0 bridgehead atoms. The van der Waals surface area contributed by atoms with E-state index in [9.17, 15) is 9.59 Å². The van der Waals surface area contributed by atoms with Crippen LogP contribution < -0.4 is 10.2 Å². The van der Waals surface area contributed by atoms with Crippen LogP contribution in [-0.4, -0.2) is 63.0 Å². The van der Waals surface area contributed by atoms with Crippen LogP contribution in [-0.2, 0) is 4.79 Å². The SMILES string of the molecule is CN(C)C(=O)Sc1ccc(NC(=O)C2CCN(c3ccc4nncn4n3)CC2)cc1. The summed E-state index contributed by atoms with van der Waals surface area (Å²) in [6.45, 7) is 1.53. The van der Waals surface area contributed by atoms with E-state index < -0.39 is 0 Å². The average Bonchev–Trinajstić information content (AvgIpc) is 3.23. The molecule has 3 aromatic rings. The van der Waals surface area contributed by atoms with Gasteiger partial charge in [-0.1, -0.05) is 0 Å². The van der Waals surface area contributed by atoms with Crippen LogP contribution in [0.3, 0.4) is 0 Å². The lowest BCUT2D eigenvalue weighted by atomic mass is 9.96. The summed E-state index contributed by atoms with van der Waals surface area (Å²) in [6.07, 6.45) is 3.11. The van der Waals surface area contributed by atoms with Gasteiger partial charge < -0.3 is 15.1 Å². The van der Waals surface area contributed by atoms with Crippen molar-refractivity contribution < 1.29 is 9.59 Å². The largest absolute Gasteiger partial charge is 0.355 e. The first-order valence-corrected chi connectivity index (χ1v) is 10.5. The van der Waals surface area contributed by atoms with Crippen molar-refractivity contribution in [3.63, 3.8) is 0 Å². The number of hydrogen-bond donors (Lipinski definition) is 1. The van der Waals surface area contributed by atoms with Gasteiger partial charge in [0.15, 0.2) is 5.65 Å². The molecule has 156 valence electrons. The highest BCUT2D eigenvalue weighted by atomic mass is 32.2. The molecule has 1 aliphatic rings. The molecule has 1 fully saturated rings. The van der Waals surface area contributed by atoms with Gasteiger partial charge in [-0.2, -0.15) is 4.52 Å². The highest BCUT2D eigenvalue weighted by molar-refractivity contribution is 8.13. The molecule has 0 atom stereocenters. The zero-order chi connectivity index (χ0) is 21.1. The lowest BCUT2D eigenvalue weighted by Crippen LogP contribution is -2.38. The Balaban J connectivity index is 1.30. The number of rotatable bonds is 4. The fourth-order valence-electron chi connectivity index (χ4n) is 3.30. The van der Waals surface area contributed by atoms with E-state index in [-0.39, 0.29) is 17.1 Å². The van der Waals surface area contributed by atoms with Crippen molar-refractivity contribution in [3.8, 4) is 0 Å². The van der Waals surface area contributed by atoms with Crippen molar-refractivity contribution in [1.29, 1.82) is 0 Å². The predicted octanol–water partition coefficient (Wildman–Crippen LogP) is 2.75. The summed E-state index contributed by atoms with van der Waals surface area (Å²) in [4.78, 5) is 29.0. The molecular formula is C20H23N7O2S. The Morgan fingerprint density at radius 3 is 2.53 bits per heavy atom. The van der Waals surface area contributed by atoms with E-state index in [4.69, 9.17) is 0 Å². The number of carbonyl (C=O) groups excluding carboxylic acids is 2. The summed E-state index contributed by atoms with van der Waals surface area (Å²) in [6, 6.07) is 11.2. The van der Waals surface area contributed by atoms with Crippen LogP contribution in [0.4, 0.5) is 16.3 Å². The first kappa shape index (κ1) is 20.1. The number of aromatic nitrogens is 4. The zero-order valence-corrected chi connectivity index (χ0v) is 17.7. The molecule has 0 aliphatic carbocycles. The Bertz CT molecular complexity index is 1040. The number of fused-ring (bicyclic) bond motifs is 1. The Kier molecular flexibility index (Phi) is 5.84. The molecule has 2 amide bonds. The van der Waals surface area contributed by atoms with Gasteiger partial charge in [-0.15, -0.1) is 15.3 Å². The Hall–Kier alpha value is -3.14. The number of piperidine rings is 1. The molecule has 1 aliphatic heterocycles. The number of carbonyl (C=O) groups is 2. The topological polar surface area (TPSA) is 95.7 Å². The molecule has 1 N–H and O–H groups in total. The standard InChI is InChI=1S/C20H23N7O2S/c1-25(2)20(29)30-16-5-3-15(4-6-16)22-19(28)14-9-11-26(12-10-14)18-8-7-17-23-21-13-27(17)24-18/h3-8,13-14H,9-12H2,1-2H3,(H,22,28). The van der Waals surface area contributed by atoms with Gasteiger partial charge >= 0.3 is 0 Å². The second-order valence-corrected chi connectivity index (χ2v) is 8.39. The van der Waals surface area contributed by atoms with Crippen LogP contribution in [0, 0.1) is 5.92 Å². The van der Waals surface area contributed by atoms with Gasteiger partial charge in [-0.05, 0) is 61.0 Å². The second kappa shape index (κ2) is 8.70.